The van der Waals surface area contributed by atoms with Crippen molar-refractivity contribution in [2.24, 2.45) is 0 Å². The number of hydrogen-bond acceptors (Lipinski definition) is 6. The Morgan fingerprint density at radius 1 is 0.356 bits per heavy atom. The lowest BCUT2D eigenvalue weighted by Crippen LogP contribution is -2.30. The molecule has 0 N–H and O–H groups in total. The van der Waals surface area contributed by atoms with Crippen LogP contribution in [-0.4, -0.2) is 37.2 Å². The maximum atomic E-state index is 12.8. The smallest absolute Gasteiger partial charge is 0.306 e. The van der Waals surface area contributed by atoms with E-state index in [1.54, 1.807) is 0 Å². The van der Waals surface area contributed by atoms with Gasteiger partial charge in [0.15, 0.2) is 6.10 Å². The summed E-state index contributed by atoms with van der Waals surface area (Å²) < 4.78 is 16.8. The van der Waals surface area contributed by atoms with E-state index in [1.165, 1.54) is 154 Å². The number of ether oxygens (including phenoxy) is 3. The van der Waals surface area contributed by atoms with Gasteiger partial charge in [-0.25, -0.2) is 0 Å². The van der Waals surface area contributed by atoms with Gasteiger partial charge in [0, 0.05) is 19.3 Å². The van der Waals surface area contributed by atoms with Gasteiger partial charge in [0.2, 0.25) is 0 Å². The average molecular weight is 829 g/mol. The number of allylic oxidation sites excluding steroid dienone is 6. The third-order valence-corrected chi connectivity index (χ3v) is 11.2. The first kappa shape index (κ1) is 56.6. The third kappa shape index (κ3) is 46.5. The lowest BCUT2D eigenvalue weighted by Gasteiger charge is -2.18. The lowest BCUT2D eigenvalue weighted by molar-refractivity contribution is -0.167. The van der Waals surface area contributed by atoms with Gasteiger partial charge in [0.05, 0.1) is 0 Å². The number of carbonyl (C=O) groups is 3. The Labute approximate surface area is 365 Å². The van der Waals surface area contributed by atoms with Crippen molar-refractivity contribution < 1.29 is 28.6 Å². The lowest BCUT2D eigenvalue weighted by atomic mass is 10.0. The molecule has 0 fully saturated rings. The molecule has 0 aromatic rings. The Morgan fingerprint density at radius 2 is 0.661 bits per heavy atom. The molecule has 0 aromatic heterocycles. The molecule has 6 heteroatoms. The normalized spacial score (nSPS) is 12.3. The summed E-state index contributed by atoms with van der Waals surface area (Å²) in [5, 5.41) is 0. The summed E-state index contributed by atoms with van der Waals surface area (Å²) in [7, 11) is 0. The molecule has 0 saturated carbocycles. The SMILES string of the molecule is CC\C=C/C=C\C=C/CCCCCCCCCC(=O)OCC(COC(=O)CCCCCCCCCCCCCC)OC(=O)CCCCCCCCCCCCCCCC. The molecule has 0 heterocycles. The van der Waals surface area contributed by atoms with Crippen LogP contribution in [0.1, 0.15) is 265 Å². The molecule has 0 aliphatic carbocycles. The fourth-order valence-corrected chi connectivity index (χ4v) is 7.38. The van der Waals surface area contributed by atoms with E-state index < -0.39 is 6.10 Å². The second kappa shape index (κ2) is 48.3. The minimum atomic E-state index is -0.771. The summed E-state index contributed by atoms with van der Waals surface area (Å²) in [5.74, 6) is -0.873. The summed E-state index contributed by atoms with van der Waals surface area (Å²) in [6.45, 7) is 6.52. The van der Waals surface area contributed by atoms with E-state index in [4.69, 9.17) is 14.2 Å². The summed E-state index contributed by atoms with van der Waals surface area (Å²) in [6.07, 6.45) is 55.5. The fourth-order valence-electron chi connectivity index (χ4n) is 7.38. The maximum absolute atomic E-state index is 12.8. The Bertz CT molecular complexity index is 1000. The molecule has 0 bridgehead atoms. The highest BCUT2D eigenvalue weighted by Crippen LogP contribution is 2.16. The van der Waals surface area contributed by atoms with E-state index in [2.05, 4.69) is 57.2 Å². The predicted molar refractivity (Wildman–Crippen MR) is 252 cm³/mol. The largest absolute Gasteiger partial charge is 0.462 e. The molecule has 0 saturated heterocycles. The highest BCUT2D eigenvalue weighted by molar-refractivity contribution is 5.71. The van der Waals surface area contributed by atoms with Crippen molar-refractivity contribution in [1.82, 2.24) is 0 Å². The van der Waals surface area contributed by atoms with E-state index in [1.807, 2.05) is 0 Å². The van der Waals surface area contributed by atoms with Crippen LogP contribution in [0.2, 0.25) is 0 Å². The number of rotatable bonds is 46. The van der Waals surface area contributed by atoms with Gasteiger partial charge in [0.25, 0.3) is 0 Å². The fraction of sp³-hybridized carbons (Fsp3) is 0.830. The van der Waals surface area contributed by atoms with Crippen LogP contribution >= 0.6 is 0 Å². The van der Waals surface area contributed by atoms with Crippen LogP contribution in [0.4, 0.5) is 0 Å². The van der Waals surface area contributed by atoms with Crippen LogP contribution < -0.4 is 0 Å². The van der Waals surface area contributed by atoms with Gasteiger partial charge in [0.1, 0.15) is 13.2 Å². The van der Waals surface area contributed by atoms with Gasteiger partial charge >= 0.3 is 17.9 Å². The van der Waals surface area contributed by atoms with Crippen LogP contribution in [0.25, 0.3) is 0 Å². The molecule has 0 aliphatic rings. The highest BCUT2D eigenvalue weighted by Gasteiger charge is 2.19. The first-order chi connectivity index (χ1) is 29.0. The number of esters is 3. The van der Waals surface area contributed by atoms with Gasteiger partial charge in [-0.05, 0) is 38.5 Å². The van der Waals surface area contributed by atoms with Crippen molar-refractivity contribution in [3.8, 4) is 0 Å². The zero-order valence-electron chi connectivity index (χ0n) is 39.3. The molecule has 0 aliphatic heterocycles. The molecule has 0 aromatic carbocycles. The van der Waals surface area contributed by atoms with Gasteiger partial charge in [-0.1, -0.05) is 243 Å². The summed E-state index contributed by atoms with van der Waals surface area (Å²) in [4.78, 5) is 37.9. The predicted octanol–water partition coefficient (Wildman–Crippen LogP) is 16.5. The topological polar surface area (TPSA) is 78.9 Å². The van der Waals surface area contributed by atoms with Crippen molar-refractivity contribution >= 4 is 17.9 Å². The Morgan fingerprint density at radius 3 is 1.02 bits per heavy atom. The zero-order chi connectivity index (χ0) is 43.0. The third-order valence-electron chi connectivity index (χ3n) is 11.2. The maximum Gasteiger partial charge on any atom is 0.306 e. The van der Waals surface area contributed by atoms with E-state index in [-0.39, 0.29) is 31.1 Å². The van der Waals surface area contributed by atoms with Crippen molar-refractivity contribution in [3.63, 3.8) is 0 Å². The van der Waals surface area contributed by atoms with Crippen LogP contribution in [0.5, 0.6) is 0 Å². The molecule has 0 amide bonds. The standard InChI is InChI=1S/C53H96O6/c1-4-7-10-13-16-19-22-25-27-29-31-34-37-40-43-46-52(55)58-49-50(48-57-51(54)45-42-39-36-33-30-24-21-18-15-12-9-6-3)59-53(56)47-44-41-38-35-32-28-26-23-20-17-14-11-8-5-2/h7,10,13,16,19,22,50H,4-6,8-9,11-12,14-15,17-18,20-21,23-49H2,1-3H3/b10-7-,16-13-,22-19-. The molecule has 344 valence electrons. The van der Waals surface area contributed by atoms with E-state index in [0.29, 0.717) is 19.3 Å². The summed E-state index contributed by atoms with van der Waals surface area (Å²) >= 11 is 0. The van der Waals surface area contributed by atoms with E-state index >= 15 is 0 Å². The molecule has 0 radical (unpaired) electrons. The molecule has 0 rings (SSSR count). The summed E-state index contributed by atoms with van der Waals surface area (Å²) in [5.41, 5.74) is 0. The van der Waals surface area contributed by atoms with Gasteiger partial charge in [-0.15, -0.1) is 0 Å². The van der Waals surface area contributed by atoms with E-state index in [0.717, 1.165) is 70.6 Å². The quantitative estimate of drug-likeness (QED) is 0.0263. The van der Waals surface area contributed by atoms with Crippen LogP contribution in [0, 0.1) is 0 Å². The Balaban J connectivity index is 4.36. The molecule has 1 atom stereocenters. The molecule has 1 unspecified atom stereocenters. The first-order valence-electron chi connectivity index (χ1n) is 25.5. The van der Waals surface area contributed by atoms with Crippen molar-refractivity contribution in [2.45, 2.75) is 271 Å². The molecular weight excluding hydrogens is 733 g/mol. The number of carbonyl (C=O) groups excluding carboxylic acids is 3. The van der Waals surface area contributed by atoms with Crippen LogP contribution in [0.15, 0.2) is 36.5 Å². The van der Waals surface area contributed by atoms with Crippen molar-refractivity contribution in [1.29, 1.82) is 0 Å². The molecule has 6 nitrogen and oxygen atoms in total. The van der Waals surface area contributed by atoms with Crippen molar-refractivity contribution in [3.05, 3.63) is 36.5 Å². The molecular formula is C53H96O6. The van der Waals surface area contributed by atoms with Gasteiger partial charge < -0.3 is 14.2 Å². The second-order valence-corrected chi connectivity index (χ2v) is 17.1. The molecule has 0 spiro atoms. The van der Waals surface area contributed by atoms with Gasteiger partial charge in [-0.3, -0.25) is 14.4 Å². The van der Waals surface area contributed by atoms with Crippen LogP contribution in [-0.2, 0) is 28.6 Å². The zero-order valence-corrected chi connectivity index (χ0v) is 39.3. The minimum Gasteiger partial charge on any atom is -0.462 e. The number of unbranched alkanes of at least 4 members (excludes halogenated alkanes) is 31. The Kier molecular flexibility index (Phi) is 46.4. The summed E-state index contributed by atoms with van der Waals surface area (Å²) in [6, 6.07) is 0. The van der Waals surface area contributed by atoms with Crippen molar-refractivity contribution in [2.75, 3.05) is 13.2 Å². The average Bonchev–Trinajstić information content (AvgIpc) is 3.23. The van der Waals surface area contributed by atoms with Crippen LogP contribution in [0.3, 0.4) is 0 Å². The second-order valence-electron chi connectivity index (χ2n) is 17.1. The Hall–Kier alpha value is -2.37. The first-order valence-corrected chi connectivity index (χ1v) is 25.5. The minimum absolute atomic E-state index is 0.0718. The van der Waals surface area contributed by atoms with E-state index in [9.17, 15) is 14.4 Å². The molecule has 59 heavy (non-hydrogen) atoms. The van der Waals surface area contributed by atoms with Gasteiger partial charge in [-0.2, -0.15) is 0 Å². The highest BCUT2D eigenvalue weighted by atomic mass is 16.6. The monoisotopic (exact) mass is 829 g/mol. The number of hydrogen-bond donors (Lipinski definition) is 0.